The molecule has 0 unspecified atom stereocenters. The minimum atomic E-state index is -1.06. The highest BCUT2D eigenvalue weighted by atomic mass is 79.9. The molecule has 116 valence electrons. The van der Waals surface area contributed by atoms with E-state index in [1.54, 1.807) is 24.3 Å². The first-order chi connectivity index (χ1) is 11.0. The number of carbonyl (C=O) groups is 2. The molecule has 0 spiro atoms. The first kappa shape index (κ1) is 15.1. The van der Waals surface area contributed by atoms with E-state index in [1.165, 1.54) is 12.1 Å². The lowest BCUT2D eigenvalue weighted by Crippen LogP contribution is -2.19. The second-order valence-electron chi connectivity index (χ2n) is 4.76. The van der Waals surface area contributed by atoms with Crippen LogP contribution in [0.15, 0.2) is 57.4 Å². The summed E-state index contributed by atoms with van der Waals surface area (Å²) in [5.74, 6) is -0.762. The number of urea groups is 1. The molecule has 3 aromatic rings. The van der Waals surface area contributed by atoms with Crippen molar-refractivity contribution in [2.45, 2.75) is 0 Å². The van der Waals surface area contributed by atoms with Crippen LogP contribution in [0.3, 0.4) is 0 Å². The smallest absolute Gasteiger partial charge is 0.335 e. The molecule has 0 fully saturated rings. The van der Waals surface area contributed by atoms with Crippen molar-refractivity contribution >= 4 is 50.5 Å². The number of hydrogen-bond donors (Lipinski definition) is 3. The van der Waals surface area contributed by atoms with Crippen molar-refractivity contribution in [3.05, 3.63) is 58.6 Å². The Bertz CT molecular complexity index is 904. The lowest BCUT2D eigenvalue weighted by atomic mass is 10.2. The normalized spacial score (nSPS) is 10.5. The Labute approximate surface area is 139 Å². The Kier molecular flexibility index (Phi) is 4.03. The molecule has 0 aliphatic carbocycles. The zero-order valence-corrected chi connectivity index (χ0v) is 13.3. The van der Waals surface area contributed by atoms with Crippen LogP contribution < -0.4 is 10.6 Å². The van der Waals surface area contributed by atoms with Crippen LogP contribution in [0, 0.1) is 0 Å². The quantitative estimate of drug-likeness (QED) is 0.627. The average molecular weight is 375 g/mol. The average Bonchev–Trinajstić information content (AvgIpc) is 2.88. The number of benzene rings is 2. The second kappa shape index (κ2) is 6.13. The van der Waals surface area contributed by atoms with Crippen molar-refractivity contribution in [2.24, 2.45) is 0 Å². The minimum Gasteiger partial charge on any atom is -0.478 e. The maximum absolute atomic E-state index is 12.0. The van der Waals surface area contributed by atoms with E-state index >= 15 is 0 Å². The summed E-state index contributed by atoms with van der Waals surface area (Å²) in [5.41, 5.74) is 1.12. The fraction of sp³-hybridized carbons (Fsp3) is 0. The zero-order chi connectivity index (χ0) is 16.4. The van der Waals surface area contributed by atoms with Crippen molar-refractivity contribution < 1.29 is 19.1 Å². The van der Waals surface area contributed by atoms with Gasteiger partial charge in [-0.3, -0.25) is 5.32 Å². The Balaban J connectivity index is 1.73. The van der Waals surface area contributed by atoms with Crippen molar-refractivity contribution in [1.29, 1.82) is 0 Å². The van der Waals surface area contributed by atoms with Gasteiger partial charge in [0.05, 0.1) is 5.56 Å². The molecule has 2 amide bonds. The predicted molar refractivity (Wildman–Crippen MR) is 90.0 cm³/mol. The van der Waals surface area contributed by atoms with E-state index in [2.05, 4.69) is 26.6 Å². The molecule has 0 saturated heterocycles. The van der Waals surface area contributed by atoms with Gasteiger partial charge in [-0.15, -0.1) is 0 Å². The van der Waals surface area contributed by atoms with E-state index in [0.717, 1.165) is 9.86 Å². The van der Waals surface area contributed by atoms with Crippen molar-refractivity contribution in [3.63, 3.8) is 0 Å². The highest BCUT2D eigenvalue weighted by molar-refractivity contribution is 9.10. The third-order valence-electron chi connectivity index (χ3n) is 3.08. The minimum absolute atomic E-state index is 0.0939. The fourth-order valence-electron chi connectivity index (χ4n) is 2.08. The highest BCUT2D eigenvalue weighted by Gasteiger charge is 2.09. The van der Waals surface area contributed by atoms with E-state index < -0.39 is 12.0 Å². The summed E-state index contributed by atoms with van der Waals surface area (Å²) in [7, 11) is 0. The van der Waals surface area contributed by atoms with Gasteiger partial charge in [-0.25, -0.2) is 9.59 Å². The summed E-state index contributed by atoms with van der Waals surface area (Å²) in [5, 5.41) is 14.9. The maximum Gasteiger partial charge on any atom is 0.335 e. The summed E-state index contributed by atoms with van der Waals surface area (Å²) in [6.45, 7) is 0. The van der Waals surface area contributed by atoms with Crippen LogP contribution >= 0.6 is 15.9 Å². The molecule has 6 nitrogen and oxygen atoms in total. The third kappa shape index (κ3) is 3.51. The fourth-order valence-corrected chi connectivity index (χ4v) is 2.46. The summed E-state index contributed by atoms with van der Waals surface area (Å²) in [4.78, 5) is 22.9. The molecule has 0 saturated carbocycles. The third-order valence-corrected chi connectivity index (χ3v) is 3.58. The van der Waals surface area contributed by atoms with Gasteiger partial charge in [-0.1, -0.05) is 22.0 Å². The number of fused-ring (bicyclic) bond motifs is 1. The SMILES string of the molecule is O=C(Nc1cccc(C(=O)O)c1)Nc1cc2cc(Br)ccc2o1. The Morgan fingerprint density at radius 1 is 1.04 bits per heavy atom. The topological polar surface area (TPSA) is 91.6 Å². The molecule has 1 heterocycles. The van der Waals surface area contributed by atoms with Gasteiger partial charge in [-0.2, -0.15) is 0 Å². The molecule has 3 N–H and O–H groups in total. The Hall–Kier alpha value is -2.80. The number of carboxylic acid groups (broad SMARTS) is 1. The number of aromatic carboxylic acids is 1. The molecule has 3 rings (SSSR count). The summed E-state index contributed by atoms with van der Waals surface area (Å²) >= 11 is 3.37. The van der Waals surface area contributed by atoms with Crippen molar-refractivity contribution in [1.82, 2.24) is 0 Å². The van der Waals surface area contributed by atoms with Crippen LogP contribution in [-0.4, -0.2) is 17.1 Å². The number of rotatable bonds is 3. The van der Waals surface area contributed by atoms with E-state index in [-0.39, 0.29) is 5.56 Å². The summed E-state index contributed by atoms with van der Waals surface area (Å²) in [6.07, 6.45) is 0. The highest BCUT2D eigenvalue weighted by Crippen LogP contribution is 2.26. The van der Waals surface area contributed by atoms with Gasteiger partial charge < -0.3 is 14.8 Å². The maximum atomic E-state index is 12.0. The monoisotopic (exact) mass is 374 g/mol. The van der Waals surface area contributed by atoms with Crippen molar-refractivity contribution in [3.8, 4) is 0 Å². The van der Waals surface area contributed by atoms with Gasteiger partial charge in [0.15, 0.2) is 0 Å². The molecular formula is C16H11BrN2O4. The van der Waals surface area contributed by atoms with Crippen LogP contribution in [-0.2, 0) is 0 Å². The molecular weight excluding hydrogens is 364 g/mol. The molecule has 0 aliphatic heterocycles. The Morgan fingerprint density at radius 2 is 1.87 bits per heavy atom. The molecule has 0 bridgehead atoms. The van der Waals surface area contributed by atoms with Gasteiger partial charge in [0.2, 0.25) is 5.88 Å². The van der Waals surface area contributed by atoms with Gasteiger partial charge in [0.1, 0.15) is 5.58 Å². The standard InChI is InChI=1S/C16H11BrN2O4/c17-11-4-5-13-10(6-11)8-14(23-13)19-16(22)18-12-3-1-2-9(7-12)15(20)21/h1-8H,(H,20,21)(H2,18,19,22). The van der Waals surface area contributed by atoms with E-state index in [9.17, 15) is 9.59 Å². The number of halogens is 1. The van der Waals surface area contributed by atoms with E-state index in [1.807, 2.05) is 12.1 Å². The molecule has 23 heavy (non-hydrogen) atoms. The second-order valence-corrected chi connectivity index (χ2v) is 5.67. The van der Waals surface area contributed by atoms with Gasteiger partial charge in [-0.05, 0) is 36.4 Å². The number of anilines is 2. The van der Waals surface area contributed by atoms with Crippen LogP contribution in [0.25, 0.3) is 11.0 Å². The number of carbonyl (C=O) groups excluding carboxylic acids is 1. The molecule has 7 heteroatoms. The summed E-state index contributed by atoms with van der Waals surface area (Å²) < 4.78 is 6.42. The number of nitrogens with one attached hydrogen (secondary N) is 2. The number of carboxylic acids is 1. The van der Waals surface area contributed by atoms with E-state index in [4.69, 9.17) is 9.52 Å². The Morgan fingerprint density at radius 3 is 2.65 bits per heavy atom. The lowest BCUT2D eigenvalue weighted by molar-refractivity contribution is 0.0697. The van der Waals surface area contributed by atoms with E-state index in [0.29, 0.717) is 17.2 Å². The number of hydrogen-bond acceptors (Lipinski definition) is 3. The van der Waals surface area contributed by atoms with Crippen LogP contribution in [0.2, 0.25) is 0 Å². The molecule has 2 aromatic carbocycles. The molecule has 0 radical (unpaired) electrons. The van der Waals surface area contributed by atoms with Gasteiger partial charge in [0, 0.05) is 21.6 Å². The van der Waals surface area contributed by atoms with Crippen LogP contribution in [0.1, 0.15) is 10.4 Å². The zero-order valence-electron chi connectivity index (χ0n) is 11.7. The lowest BCUT2D eigenvalue weighted by Gasteiger charge is -2.06. The number of amides is 2. The number of furan rings is 1. The molecule has 1 aromatic heterocycles. The molecule has 0 atom stereocenters. The predicted octanol–water partition coefficient (Wildman–Crippen LogP) is 4.54. The largest absolute Gasteiger partial charge is 0.478 e. The first-order valence-electron chi connectivity index (χ1n) is 6.62. The molecule has 0 aliphatic rings. The van der Waals surface area contributed by atoms with Gasteiger partial charge in [0.25, 0.3) is 0 Å². The van der Waals surface area contributed by atoms with Gasteiger partial charge >= 0.3 is 12.0 Å². The first-order valence-corrected chi connectivity index (χ1v) is 7.41. The summed E-state index contributed by atoms with van der Waals surface area (Å²) in [6, 6.07) is 12.7. The van der Waals surface area contributed by atoms with Crippen LogP contribution in [0.5, 0.6) is 0 Å². The van der Waals surface area contributed by atoms with Crippen LogP contribution in [0.4, 0.5) is 16.4 Å². The van der Waals surface area contributed by atoms with Crippen molar-refractivity contribution in [2.75, 3.05) is 10.6 Å².